The molecule has 0 aromatic heterocycles. The Morgan fingerprint density at radius 2 is 1.53 bits per heavy atom. The molecule has 1 fully saturated rings. The molecule has 1 aliphatic heterocycles. The molecule has 4 amide bonds. The Hall–Kier alpha value is -3.26. The van der Waals surface area contributed by atoms with Gasteiger partial charge in [-0.3, -0.25) is 19.2 Å². The molecule has 1 unspecified atom stereocenters. The molecule has 0 aliphatic carbocycles. The maximum absolute atomic E-state index is 14.1. The van der Waals surface area contributed by atoms with E-state index in [0.29, 0.717) is 19.4 Å². The second-order valence-corrected chi connectivity index (χ2v) is 14.9. The Balaban J connectivity index is 0.0000140. The van der Waals surface area contributed by atoms with Gasteiger partial charge in [0.05, 0.1) is 42.7 Å². The summed E-state index contributed by atoms with van der Waals surface area (Å²) in [7, 11) is 6.46. The summed E-state index contributed by atoms with van der Waals surface area (Å²) < 4.78 is 11.8. The molecule has 14 heteroatoms. The molecule has 0 saturated carbocycles. The van der Waals surface area contributed by atoms with E-state index in [9.17, 15) is 29.1 Å². The highest BCUT2D eigenvalue weighted by atomic mass is 35.5. The van der Waals surface area contributed by atoms with Gasteiger partial charge in [0.15, 0.2) is 0 Å². The van der Waals surface area contributed by atoms with Gasteiger partial charge in [0, 0.05) is 34.2 Å². The standard InChI is InChI=1S/C39H65N5O8.ClH/c1-12-25(6)34(43(9)38(48)33(24(4)5)42-37(47)32(40-8)23(2)3)30(51-10)22-31(45)44-20-16-19-29(44)35(52-11)26(7)36(46)41-28(39(49)50)21-27-17-14-13-15-18-27;/h13-15,17-18,23-26,28-30,32-35,40H,12,16,19-22H2,1-11H3,(H,41,46)(H,42,47)(H,49,50);1H/t25-,26+,28-,29?,30+,32-,33-,34-,35+;/m0./s1. The number of likely N-dealkylation sites (tertiary alicyclic amines) is 1. The van der Waals surface area contributed by atoms with E-state index in [1.807, 2.05) is 71.9 Å². The predicted octanol–water partition coefficient (Wildman–Crippen LogP) is 3.53. The largest absolute Gasteiger partial charge is 0.480 e. The van der Waals surface area contributed by atoms with Crippen LogP contribution < -0.4 is 16.0 Å². The van der Waals surface area contributed by atoms with Crippen LogP contribution in [0.2, 0.25) is 0 Å². The number of methoxy groups -OCH3 is 2. The first-order valence-electron chi connectivity index (χ1n) is 18.7. The minimum atomic E-state index is -1.14. The van der Waals surface area contributed by atoms with Crippen molar-refractivity contribution in [1.29, 1.82) is 0 Å². The normalized spacial score (nSPS) is 18.9. The maximum atomic E-state index is 14.1. The van der Waals surface area contributed by atoms with Gasteiger partial charge >= 0.3 is 5.97 Å². The highest BCUT2D eigenvalue weighted by molar-refractivity contribution is 5.90. The number of ether oxygens (including phenoxy) is 2. The van der Waals surface area contributed by atoms with Crippen molar-refractivity contribution in [3.8, 4) is 0 Å². The number of carbonyl (C=O) groups is 5. The number of carboxylic acids is 1. The Morgan fingerprint density at radius 1 is 0.925 bits per heavy atom. The summed E-state index contributed by atoms with van der Waals surface area (Å²) in [5, 5.41) is 18.5. The highest BCUT2D eigenvalue weighted by Crippen LogP contribution is 2.29. The molecule has 2 rings (SSSR count). The lowest BCUT2D eigenvalue weighted by molar-refractivity contribution is -0.148. The Kier molecular flexibility index (Phi) is 20.6. The average Bonchev–Trinajstić information content (AvgIpc) is 3.59. The van der Waals surface area contributed by atoms with Gasteiger partial charge in [-0.05, 0) is 43.2 Å². The van der Waals surface area contributed by atoms with E-state index in [-0.39, 0.29) is 60.7 Å². The highest BCUT2D eigenvalue weighted by Gasteiger charge is 2.43. The molecule has 0 bridgehead atoms. The van der Waals surface area contributed by atoms with E-state index < -0.39 is 60.2 Å². The summed E-state index contributed by atoms with van der Waals surface area (Å²) in [4.78, 5) is 70.3. The number of rotatable bonds is 21. The summed E-state index contributed by atoms with van der Waals surface area (Å²) in [6.07, 6.45) is 0.818. The first kappa shape index (κ1) is 47.8. The molecule has 1 aliphatic rings. The number of nitrogens with one attached hydrogen (secondary N) is 3. The maximum Gasteiger partial charge on any atom is 0.326 e. The molecule has 1 aromatic carbocycles. The van der Waals surface area contributed by atoms with Crippen molar-refractivity contribution in [2.45, 2.75) is 123 Å². The van der Waals surface area contributed by atoms with Crippen LogP contribution in [0, 0.1) is 23.7 Å². The van der Waals surface area contributed by atoms with Gasteiger partial charge in [0.2, 0.25) is 23.6 Å². The van der Waals surface area contributed by atoms with Crippen LogP contribution in [0.25, 0.3) is 0 Å². The molecule has 4 N–H and O–H groups in total. The van der Waals surface area contributed by atoms with Crippen molar-refractivity contribution in [2.75, 3.05) is 34.9 Å². The number of likely N-dealkylation sites (N-methyl/N-ethyl adjacent to an activating group) is 2. The molecule has 302 valence electrons. The molecule has 1 heterocycles. The smallest absolute Gasteiger partial charge is 0.326 e. The monoisotopic (exact) mass is 767 g/mol. The van der Waals surface area contributed by atoms with Gasteiger partial charge in [-0.15, -0.1) is 12.4 Å². The van der Waals surface area contributed by atoms with E-state index in [4.69, 9.17) is 9.47 Å². The minimum Gasteiger partial charge on any atom is -0.480 e. The van der Waals surface area contributed by atoms with Crippen molar-refractivity contribution in [1.82, 2.24) is 25.8 Å². The summed E-state index contributed by atoms with van der Waals surface area (Å²) in [5.74, 6) is -3.27. The van der Waals surface area contributed by atoms with Gasteiger partial charge in [0.1, 0.15) is 12.1 Å². The molecule has 9 atom stereocenters. The third-order valence-corrected chi connectivity index (χ3v) is 10.6. The van der Waals surface area contributed by atoms with E-state index in [1.165, 1.54) is 14.2 Å². The fourth-order valence-corrected chi connectivity index (χ4v) is 7.40. The van der Waals surface area contributed by atoms with Gasteiger partial charge in [-0.2, -0.15) is 0 Å². The van der Waals surface area contributed by atoms with Crippen LogP contribution in [0.5, 0.6) is 0 Å². The number of hydrogen-bond donors (Lipinski definition) is 4. The number of amides is 4. The van der Waals surface area contributed by atoms with E-state index in [2.05, 4.69) is 16.0 Å². The van der Waals surface area contributed by atoms with Crippen LogP contribution in [0.15, 0.2) is 30.3 Å². The first-order valence-corrected chi connectivity index (χ1v) is 18.7. The lowest BCUT2D eigenvalue weighted by atomic mass is 9.89. The van der Waals surface area contributed by atoms with E-state index in [1.54, 1.807) is 30.8 Å². The Morgan fingerprint density at radius 3 is 2.02 bits per heavy atom. The molecule has 1 aromatic rings. The summed E-state index contributed by atoms with van der Waals surface area (Å²) in [5.41, 5.74) is 0.785. The molecular formula is C39H66ClN5O8. The van der Waals surface area contributed by atoms with Crippen molar-refractivity contribution < 1.29 is 38.6 Å². The molecule has 53 heavy (non-hydrogen) atoms. The summed E-state index contributed by atoms with van der Waals surface area (Å²) in [6.45, 7) is 13.9. The fraction of sp³-hybridized carbons (Fsp3) is 0.718. The van der Waals surface area contributed by atoms with Crippen LogP contribution in [0.3, 0.4) is 0 Å². The second kappa shape index (κ2) is 22.8. The number of nitrogens with zero attached hydrogens (tertiary/aromatic N) is 2. The number of hydrogen-bond acceptors (Lipinski definition) is 8. The average molecular weight is 768 g/mol. The zero-order valence-electron chi connectivity index (χ0n) is 33.6. The zero-order chi connectivity index (χ0) is 39.3. The number of benzene rings is 1. The van der Waals surface area contributed by atoms with Gasteiger partial charge < -0.3 is 40.3 Å². The van der Waals surface area contributed by atoms with Crippen molar-refractivity contribution >= 4 is 42.0 Å². The topological polar surface area (TPSA) is 167 Å². The van der Waals surface area contributed by atoms with E-state index >= 15 is 0 Å². The minimum absolute atomic E-state index is 0. The number of carboxylic acid groups (broad SMARTS) is 1. The quantitative estimate of drug-likeness (QED) is 0.146. The van der Waals surface area contributed by atoms with Crippen molar-refractivity contribution in [2.24, 2.45) is 23.7 Å². The number of halogens is 1. The van der Waals surface area contributed by atoms with Gasteiger partial charge in [-0.25, -0.2) is 4.79 Å². The lowest BCUT2D eigenvalue weighted by Gasteiger charge is -2.41. The summed E-state index contributed by atoms with van der Waals surface area (Å²) in [6, 6.07) is 5.84. The molecule has 0 spiro atoms. The van der Waals surface area contributed by atoms with Crippen LogP contribution >= 0.6 is 12.4 Å². The predicted molar refractivity (Wildman–Crippen MR) is 208 cm³/mol. The fourth-order valence-electron chi connectivity index (χ4n) is 7.40. The number of carbonyl (C=O) groups excluding carboxylic acids is 4. The van der Waals surface area contributed by atoms with Crippen molar-refractivity contribution in [3.63, 3.8) is 0 Å². The third-order valence-electron chi connectivity index (χ3n) is 10.6. The summed E-state index contributed by atoms with van der Waals surface area (Å²) >= 11 is 0. The van der Waals surface area contributed by atoms with Crippen LogP contribution in [0.4, 0.5) is 0 Å². The lowest BCUT2D eigenvalue weighted by Crippen LogP contribution is -2.59. The van der Waals surface area contributed by atoms with Gasteiger partial charge in [-0.1, -0.05) is 85.2 Å². The SMILES string of the molecule is CC[C@H](C)[C@@H]([C@@H](CC(=O)N1CCCC1[C@H](OC)[C@@H](C)C(=O)N[C@@H](Cc1ccccc1)C(=O)O)OC)N(C)C(=O)[C@@H](NC(=O)[C@@H](NC)C(C)C)C(C)C.Cl. The van der Waals surface area contributed by atoms with Crippen molar-refractivity contribution in [3.05, 3.63) is 35.9 Å². The molecular weight excluding hydrogens is 702 g/mol. The molecule has 13 nitrogen and oxygen atoms in total. The van der Waals surface area contributed by atoms with E-state index in [0.717, 1.165) is 12.0 Å². The second-order valence-electron chi connectivity index (χ2n) is 14.9. The third kappa shape index (κ3) is 12.9. The molecule has 0 radical (unpaired) electrons. The van der Waals surface area contributed by atoms with Gasteiger partial charge in [0.25, 0.3) is 0 Å². The van der Waals surface area contributed by atoms with Crippen LogP contribution in [-0.2, 0) is 39.9 Å². The Bertz CT molecular complexity index is 1320. The first-order chi connectivity index (χ1) is 24.5. The van der Waals surface area contributed by atoms with Crippen LogP contribution in [0.1, 0.15) is 79.7 Å². The Labute approximate surface area is 323 Å². The zero-order valence-corrected chi connectivity index (χ0v) is 34.4. The molecule has 1 saturated heterocycles. The van der Waals surface area contributed by atoms with Crippen LogP contribution in [-0.4, -0.2) is 122 Å². The number of aliphatic carboxylic acids is 1.